The molecule has 0 aromatic carbocycles. The molecule has 2 fully saturated rings. The molecule has 2 aliphatic rings. The van der Waals surface area contributed by atoms with Gasteiger partial charge >= 0.3 is 5.97 Å². The molecule has 1 amide bonds. The van der Waals surface area contributed by atoms with Gasteiger partial charge in [-0.2, -0.15) is 0 Å². The summed E-state index contributed by atoms with van der Waals surface area (Å²) in [6.07, 6.45) is 7.23. The number of fused-ring (bicyclic) bond motifs is 1. The Morgan fingerprint density at radius 2 is 2.00 bits per heavy atom. The largest absolute Gasteiger partial charge is 0.480 e. The van der Waals surface area contributed by atoms with Crippen LogP contribution in [0.1, 0.15) is 54.6 Å². The maximum absolute atomic E-state index is 12.9. The van der Waals surface area contributed by atoms with Gasteiger partial charge in [0.15, 0.2) is 0 Å². The van der Waals surface area contributed by atoms with Crippen LogP contribution in [0.3, 0.4) is 0 Å². The summed E-state index contributed by atoms with van der Waals surface area (Å²) in [5, 5.41) is 9.50. The number of aliphatic carboxylic acids is 1. The number of carbonyl (C=O) groups excluding carboxylic acids is 1. The Labute approximate surface area is 123 Å². The summed E-state index contributed by atoms with van der Waals surface area (Å²) in [5.41, 5.74) is 0.493. The van der Waals surface area contributed by atoms with Crippen LogP contribution in [0.2, 0.25) is 0 Å². The van der Waals surface area contributed by atoms with Crippen LogP contribution in [0.5, 0.6) is 0 Å². The van der Waals surface area contributed by atoms with Gasteiger partial charge in [0.1, 0.15) is 11.8 Å². The lowest BCUT2D eigenvalue weighted by molar-refractivity contribution is -0.146. The molecule has 3 atom stereocenters. The Morgan fingerprint density at radius 3 is 2.67 bits per heavy atom. The number of carbonyl (C=O) groups is 2. The molecule has 5 nitrogen and oxygen atoms in total. The van der Waals surface area contributed by atoms with Crippen LogP contribution in [-0.2, 0) is 4.79 Å². The zero-order valence-corrected chi connectivity index (χ0v) is 12.2. The number of nitrogens with zero attached hydrogens (tertiary/aromatic N) is 1. The summed E-state index contributed by atoms with van der Waals surface area (Å²) in [4.78, 5) is 26.1. The Bertz CT molecular complexity index is 550. The molecule has 2 heterocycles. The highest BCUT2D eigenvalue weighted by atomic mass is 16.4. The van der Waals surface area contributed by atoms with Gasteiger partial charge in [-0.1, -0.05) is 12.8 Å². The highest BCUT2D eigenvalue weighted by molar-refractivity contribution is 5.97. The maximum atomic E-state index is 12.9. The fraction of sp³-hybridized carbons (Fsp3) is 0.625. The van der Waals surface area contributed by atoms with Gasteiger partial charge < -0.3 is 14.4 Å². The third-order valence-electron chi connectivity index (χ3n) is 4.98. The normalized spacial score (nSPS) is 29.0. The van der Waals surface area contributed by atoms with E-state index in [-0.39, 0.29) is 11.9 Å². The first-order valence-corrected chi connectivity index (χ1v) is 7.69. The topological polar surface area (TPSA) is 70.8 Å². The standard InChI is InChI=1S/C16H21NO4/c1-10-12(8-9-21-10)15(18)17-13-5-3-2-4-11(13)6-7-14(17)16(19)20/h8-9,11,13-14H,2-7H2,1H3,(H,19,20). The smallest absolute Gasteiger partial charge is 0.326 e. The van der Waals surface area contributed by atoms with Crippen molar-refractivity contribution in [1.82, 2.24) is 4.90 Å². The second-order valence-corrected chi connectivity index (χ2v) is 6.15. The Hall–Kier alpha value is -1.78. The predicted molar refractivity (Wildman–Crippen MR) is 76.0 cm³/mol. The highest BCUT2D eigenvalue weighted by Gasteiger charge is 2.44. The van der Waals surface area contributed by atoms with E-state index in [9.17, 15) is 14.7 Å². The molecule has 114 valence electrons. The fourth-order valence-electron chi connectivity index (χ4n) is 3.91. The number of amides is 1. The number of aryl methyl sites for hydroxylation is 1. The third-order valence-corrected chi connectivity index (χ3v) is 4.98. The Kier molecular flexibility index (Phi) is 3.74. The predicted octanol–water partition coefficient (Wildman–Crippen LogP) is 2.84. The minimum atomic E-state index is -0.895. The monoisotopic (exact) mass is 291 g/mol. The van der Waals surface area contributed by atoms with Crippen molar-refractivity contribution >= 4 is 11.9 Å². The van der Waals surface area contributed by atoms with E-state index in [1.54, 1.807) is 17.9 Å². The van der Waals surface area contributed by atoms with Gasteiger partial charge in [0, 0.05) is 6.04 Å². The number of hydrogen-bond donors (Lipinski definition) is 1. The van der Waals surface area contributed by atoms with Crippen molar-refractivity contribution in [2.24, 2.45) is 5.92 Å². The van der Waals surface area contributed by atoms with Crippen LogP contribution in [0.25, 0.3) is 0 Å². The Morgan fingerprint density at radius 1 is 1.24 bits per heavy atom. The van der Waals surface area contributed by atoms with Gasteiger partial charge in [0.25, 0.3) is 5.91 Å². The van der Waals surface area contributed by atoms with Crippen LogP contribution in [0.4, 0.5) is 0 Å². The third kappa shape index (κ3) is 2.45. The minimum absolute atomic E-state index is 0.0652. The number of carboxylic acid groups (broad SMARTS) is 1. The maximum Gasteiger partial charge on any atom is 0.326 e. The molecular formula is C16H21NO4. The number of rotatable bonds is 2. The summed E-state index contributed by atoms with van der Waals surface area (Å²) < 4.78 is 5.21. The molecule has 21 heavy (non-hydrogen) atoms. The summed E-state index contributed by atoms with van der Waals surface area (Å²) in [5.74, 6) is -0.0775. The molecule has 1 aromatic rings. The number of furan rings is 1. The van der Waals surface area contributed by atoms with Crippen LogP contribution in [-0.4, -0.2) is 34.0 Å². The fourth-order valence-corrected chi connectivity index (χ4v) is 3.91. The number of piperidine rings is 1. The van der Waals surface area contributed by atoms with E-state index in [1.807, 2.05) is 0 Å². The molecular weight excluding hydrogens is 270 g/mol. The molecule has 1 N–H and O–H groups in total. The lowest BCUT2D eigenvalue weighted by Gasteiger charge is -2.47. The van der Waals surface area contributed by atoms with E-state index in [2.05, 4.69) is 0 Å². The molecule has 1 saturated carbocycles. The minimum Gasteiger partial charge on any atom is -0.480 e. The molecule has 0 spiro atoms. The van der Waals surface area contributed by atoms with E-state index in [0.717, 1.165) is 25.7 Å². The first-order valence-electron chi connectivity index (χ1n) is 7.69. The quantitative estimate of drug-likeness (QED) is 0.909. The average Bonchev–Trinajstić information content (AvgIpc) is 2.91. The molecule has 0 radical (unpaired) electrons. The number of carboxylic acids is 1. The van der Waals surface area contributed by atoms with Crippen molar-refractivity contribution in [3.63, 3.8) is 0 Å². The summed E-state index contributed by atoms with van der Waals surface area (Å²) in [6.45, 7) is 1.74. The lowest BCUT2D eigenvalue weighted by atomic mass is 9.76. The molecule has 1 aromatic heterocycles. The zero-order chi connectivity index (χ0) is 15.0. The summed E-state index contributed by atoms with van der Waals surface area (Å²) >= 11 is 0. The molecule has 0 bridgehead atoms. The van der Waals surface area contributed by atoms with E-state index in [4.69, 9.17) is 4.42 Å². The zero-order valence-electron chi connectivity index (χ0n) is 12.2. The van der Waals surface area contributed by atoms with E-state index < -0.39 is 12.0 Å². The molecule has 1 aliphatic heterocycles. The van der Waals surface area contributed by atoms with Crippen molar-refractivity contribution < 1.29 is 19.1 Å². The van der Waals surface area contributed by atoms with Gasteiger partial charge in [-0.15, -0.1) is 0 Å². The SMILES string of the molecule is Cc1occc1C(=O)N1C(C(=O)O)CCC2CCCCC21. The molecule has 1 saturated heterocycles. The van der Waals surface area contributed by atoms with E-state index in [1.165, 1.54) is 12.7 Å². The van der Waals surface area contributed by atoms with Crippen molar-refractivity contribution in [2.75, 3.05) is 0 Å². The number of likely N-dealkylation sites (tertiary alicyclic amines) is 1. The van der Waals surface area contributed by atoms with Gasteiger partial charge in [-0.05, 0) is 44.6 Å². The Balaban J connectivity index is 1.94. The first-order chi connectivity index (χ1) is 10.1. The molecule has 3 unspecified atom stereocenters. The van der Waals surface area contributed by atoms with E-state index in [0.29, 0.717) is 23.7 Å². The van der Waals surface area contributed by atoms with Gasteiger partial charge in [-0.3, -0.25) is 4.79 Å². The van der Waals surface area contributed by atoms with Crippen LogP contribution in [0, 0.1) is 12.8 Å². The molecule has 1 aliphatic carbocycles. The van der Waals surface area contributed by atoms with Gasteiger partial charge in [0.2, 0.25) is 0 Å². The molecule has 5 heteroatoms. The highest BCUT2D eigenvalue weighted by Crippen LogP contribution is 2.39. The van der Waals surface area contributed by atoms with Crippen molar-refractivity contribution in [1.29, 1.82) is 0 Å². The summed E-state index contributed by atoms with van der Waals surface area (Å²) in [7, 11) is 0. The van der Waals surface area contributed by atoms with Crippen molar-refractivity contribution in [2.45, 2.75) is 57.5 Å². The summed E-state index contributed by atoms with van der Waals surface area (Å²) in [6, 6.07) is 1.00. The van der Waals surface area contributed by atoms with Crippen LogP contribution in [0.15, 0.2) is 16.7 Å². The van der Waals surface area contributed by atoms with Gasteiger partial charge in [-0.25, -0.2) is 4.79 Å². The second kappa shape index (κ2) is 5.54. The van der Waals surface area contributed by atoms with Crippen molar-refractivity contribution in [3.05, 3.63) is 23.7 Å². The van der Waals surface area contributed by atoms with E-state index >= 15 is 0 Å². The van der Waals surface area contributed by atoms with Crippen LogP contribution < -0.4 is 0 Å². The number of hydrogen-bond acceptors (Lipinski definition) is 3. The molecule has 3 rings (SSSR count). The van der Waals surface area contributed by atoms with Crippen LogP contribution >= 0.6 is 0 Å². The lowest BCUT2D eigenvalue weighted by Crippen LogP contribution is -2.57. The van der Waals surface area contributed by atoms with Gasteiger partial charge in [0.05, 0.1) is 11.8 Å². The first kappa shape index (κ1) is 14.2. The second-order valence-electron chi connectivity index (χ2n) is 6.15. The average molecular weight is 291 g/mol. The van der Waals surface area contributed by atoms with Crippen molar-refractivity contribution in [3.8, 4) is 0 Å².